The molecule has 3 atom stereocenters. The second-order valence-electron chi connectivity index (χ2n) is 5.80. The Labute approximate surface area is 112 Å². The number of rotatable bonds is 3. The van der Waals surface area contributed by atoms with E-state index in [1.54, 1.807) is 0 Å². The zero-order valence-electron chi connectivity index (χ0n) is 12.2. The third-order valence-electron chi connectivity index (χ3n) is 4.32. The molecule has 0 saturated carbocycles. The molecule has 0 aromatic heterocycles. The summed E-state index contributed by atoms with van der Waals surface area (Å²) in [7, 11) is 2.24. The van der Waals surface area contributed by atoms with Crippen LogP contribution in [0.15, 0.2) is 0 Å². The molecule has 4 nitrogen and oxygen atoms in total. The van der Waals surface area contributed by atoms with Gasteiger partial charge in [-0.2, -0.15) is 0 Å². The van der Waals surface area contributed by atoms with Crippen molar-refractivity contribution in [3.05, 3.63) is 0 Å². The maximum atomic E-state index is 5.73. The highest BCUT2D eigenvalue weighted by molar-refractivity contribution is 4.91. The molecule has 2 rings (SSSR count). The summed E-state index contributed by atoms with van der Waals surface area (Å²) in [5.74, 6) is 0. The Hall–Kier alpha value is -0.160. The largest absolute Gasteiger partial charge is 0.380 e. The molecule has 0 bridgehead atoms. The van der Waals surface area contributed by atoms with Gasteiger partial charge in [-0.1, -0.05) is 6.92 Å². The summed E-state index contributed by atoms with van der Waals surface area (Å²) >= 11 is 0. The lowest BCUT2D eigenvalue weighted by Gasteiger charge is -2.42. The van der Waals surface area contributed by atoms with Gasteiger partial charge in [-0.25, -0.2) is 0 Å². The highest BCUT2D eigenvalue weighted by Crippen LogP contribution is 2.19. The van der Waals surface area contributed by atoms with E-state index in [1.807, 2.05) is 0 Å². The van der Waals surface area contributed by atoms with E-state index < -0.39 is 0 Å². The van der Waals surface area contributed by atoms with Gasteiger partial charge in [0.15, 0.2) is 0 Å². The van der Waals surface area contributed by atoms with E-state index in [4.69, 9.17) is 4.74 Å². The molecule has 106 valence electrons. The lowest BCUT2D eigenvalue weighted by molar-refractivity contribution is -0.0154. The Kier molecular flexibility index (Phi) is 5.42. The zero-order chi connectivity index (χ0) is 13.0. The molecule has 2 saturated heterocycles. The van der Waals surface area contributed by atoms with Crippen LogP contribution < -0.4 is 5.32 Å². The second kappa shape index (κ2) is 6.85. The van der Waals surface area contributed by atoms with Crippen molar-refractivity contribution in [2.45, 2.75) is 44.8 Å². The third kappa shape index (κ3) is 3.44. The lowest BCUT2D eigenvalue weighted by Crippen LogP contribution is -2.58. The van der Waals surface area contributed by atoms with Crippen molar-refractivity contribution in [1.29, 1.82) is 0 Å². The fraction of sp³-hybridized carbons (Fsp3) is 1.00. The molecule has 3 unspecified atom stereocenters. The Morgan fingerprint density at radius 3 is 2.94 bits per heavy atom. The molecular formula is C14H29N3O. The van der Waals surface area contributed by atoms with E-state index in [-0.39, 0.29) is 0 Å². The Morgan fingerprint density at radius 2 is 2.17 bits per heavy atom. The van der Waals surface area contributed by atoms with Crippen LogP contribution in [0, 0.1) is 0 Å². The summed E-state index contributed by atoms with van der Waals surface area (Å²) in [6.07, 6.45) is 2.42. The molecule has 0 aromatic carbocycles. The summed E-state index contributed by atoms with van der Waals surface area (Å²) in [6, 6.07) is 1.79. The van der Waals surface area contributed by atoms with E-state index in [1.165, 1.54) is 26.1 Å². The van der Waals surface area contributed by atoms with E-state index in [0.29, 0.717) is 18.1 Å². The Bertz CT molecular complexity index is 247. The Balaban J connectivity index is 2.01. The standard InChI is InChI=1S/C14H29N3O/c1-4-15-13-6-9-18-11-14(13)17-8-5-7-16(3)10-12(17)2/h12-15H,4-11H2,1-3H3. The van der Waals surface area contributed by atoms with Crippen LogP contribution in [0.5, 0.6) is 0 Å². The van der Waals surface area contributed by atoms with Gasteiger partial charge in [-0.15, -0.1) is 0 Å². The summed E-state index contributed by atoms with van der Waals surface area (Å²) in [5, 5.41) is 3.65. The fourth-order valence-electron chi connectivity index (χ4n) is 3.43. The average Bonchev–Trinajstić information content (AvgIpc) is 2.51. The monoisotopic (exact) mass is 255 g/mol. The van der Waals surface area contributed by atoms with Gasteiger partial charge in [0.05, 0.1) is 6.61 Å². The molecule has 2 aliphatic rings. The van der Waals surface area contributed by atoms with Gasteiger partial charge < -0.3 is 15.0 Å². The number of hydrogen-bond acceptors (Lipinski definition) is 4. The van der Waals surface area contributed by atoms with Crippen LogP contribution in [0.4, 0.5) is 0 Å². The highest BCUT2D eigenvalue weighted by Gasteiger charge is 2.33. The van der Waals surface area contributed by atoms with Gasteiger partial charge in [0.1, 0.15) is 0 Å². The van der Waals surface area contributed by atoms with Crippen molar-refractivity contribution in [2.75, 3.05) is 46.4 Å². The summed E-state index contributed by atoms with van der Waals surface area (Å²) in [5.41, 5.74) is 0. The summed E-state index contributed by atoms with van der Waals surface area (Å²) in [6.45, 7) is 11.0. The highest BCUT2D eigenvalue weighted by atomic mass is 16.5. The Morgan fingerprint density at radius 1 is 1.33 bits per heavy atom. The van der Waals surface area contributed by atoms with E-state index in [9.17, 15) is 0 Å². The molecule has 18 heavy (non-hydrogen) atoms. The number of nitrogens with zero attached hydrogens (tertiary/aromatic N) is 2. The SMILES string of the molecule is CCNC1CCOCC1N1CCCN(C)CC1C. The molecule has 1 N–H and O–H groups in total. The minimum atomic E-state index is 0.556. The van der Waals surface area contributed by atoms with Crippen LogP contribution in [0.1, 0.15) is 26.7 Å². The van der Waals surface area contributed by atoms with Crippen molar-refractivity contribution < 1.29 is 4.74 Å². The first-order valence-corrected chi connectivity index (χ1v) is 7.47. The van der Waals surface area contributed by atoms with E-state index in [2.05, 4.69) is 36.0 Å². The molecule has 2 fully saturated rings. The number of ether oxygens (including phenoxy) is 1. The third-order valence-corrected chi connectivity index (χ3v) is 4.32. The van der Waals surface area contributed by atoms with Crippen LogP contribution >= 0.6 is 0 Å². The molecule has 0 amide bonds. The maximum absolute atomic E-state index is 5.73. The summed E-state index contributed by atoms with van der Waals surface area (Å²) in [4.78, 5) is 5.13. The molecule has 0 spiro atoms. The molecule has 4 heteroatoms. The van der Waals surface area contributed by atoms with Crippen molar-refractivity contribution in [2.24, 2.45) is 0 Å². The first-order valence-electron chi connectivity index (χ1n) is 7.47. The maximum Gasteiger partial charge on any atom is 0.0637 e. The van der Waals surface area contributed by atoms with Crippen molar-refractivity contribution in [3.8, 4) is 0 Å². The van der Waals surface area contributed by atoms with Gasteiger partial charge in [-0.05, 0) is 39.9 Å². The smallest absolute Gasteiger partial charge is 0.0637 e. The van der Waals surface area contributed by atoms with Crippen LogP contribution in [0.3, 0.4) is 0 Å². The molecule has 0 aliphatic carbocycles. The number of likely N-dealkylation sites (N-methyl/N-ethyl adjacent to an activating group) is 2. The van der Waals surface area contributed by atoms with E-state index >= 15 is 0 Å². The summed E-state index contributed by atoms with van der Waals surface area (Å²) < 4.78 is 5.73. The molecular weight excluding hydrogens is 226 g/mol. The van der Waals surface area contributed by atoms with Crippen LogP contribution in [0.2, 0.25) is 0 Å². The molecule has 0 radical (unpaired) electrons. The minimum absolute atomic E-state index is 0.556. The zero-order valence-corrected chi connectivity index (χ0v) is 12.2. The molecule has 2 aliphatic heterocycles. The topological polar surface area (TPSA) is 27.7 Å². The van der Waals surface area contributed by atoms with Gasteiger partial charge in [0, 0.05) is 37.8 Å². The van der Waals surface area contributed by atoms with Crippen molar-refractivity contribution >= 4 is 0 Å². The minimum Gasteiger partial charge on any atom is -0.380 e. The van der Waals surface area contributed by atoms with E-state index in [0.717, 1.165) is 26.2 Å². The normalized spacial score (nSPS) is 36.5. The van der Waals surface area contributed by atoms with Crippen LogP contribution in [-0.4, -0.2) is 74.4 Å². The number of nitrogens with one attached hydrogen (secondary N) is 1. The quantitative estimate of drug-likeness (QED) is 0.806. The van der Waals surface area contributed by atoms with Crippen LogP contribution in [-0.2, 0) is 4.74 Å². The van der Waals surface area contributed by atoms with Crippen molar-refractivity contribution in [1.82, 2.24) is 15.1 Å². The fourth-order valence-corrected chi connectivity index (χ4v) is 3.43. The van der Waals surface area contributed by atoms with Gasteiger partial charge >= 0.3 is 0 Å². The first-order chi connectivity index (χ1) is 8.72. The number of hydrogen-bond donors (Lipinski definition) is 1. The predicted molar refractivity (Wildman–Crippen MR) is 75.0 cm³/mol. The predicted octanol–water partition coefficient (Wildman–Crippen LogP) is 0.779. The van der Waals surface area contributed by atoms with Gasteiger partial charge in [0.2, 0.25) is 0 Å². The molecule has 2 heterocycles. The average molecular weight is 255 g/mol. The second-order valence-corrected chi connectivity index (χ2v) is 5.80. The lowest BCUT2D eigenvalue weighted by atomic mass is 10.00. The van der Waals surface area contributed by atoms with Gasteiger partial charge in [0.25, 0.3) is 0 Å². The van der Waals surface area contributed by atoms with Gasteiger partial charge in [-0.3, -0.25) is 4.90 Å². The first kappa shape index (κ1) is 14.3. The molecule has 0 aromatic rings. The van der Waals surface area contributed by atoms with Crippen molar-refractivity contribution in [3.63, 3.8) is 0 Å². The van der Waals surface area contributed by atoms with Crippen LogP contribution in [0.25, 0.3) is 0 Å².